The Labute approximate surface area is 101 Å². The molecule has 0 bridgehead atoms. The first-order chi connectivity index (χ1) is 8.34. The number of hydrogen-bond donors (Lipinski definition) is 0. The Hall–Kier alpha value is -1.96. The van der Waals surface area contributed by atoms with E-state index in [9.17, 15) is 0 Å². The van der Waals surface area contributed by atoms with Crippen LogP contribution in [0.15, 0.2) is 42.5 Å². The standard InChI is InChI=1S/C13H10N2.C2H6/c1-9-5-4-8-12-13(9)15-11-7-3-2-6-10(11)14-12;1-2/h2-8H,1H3;1-2H3. The zero-order valence-electron chi connectivity index (χ0n) is 10.4. The lowest BCUT2D eigenvalue weighted by Crippen LogP contribution is -1.88. The summed E-state index contributed by atoms with van der Waals surface area (Å²) in [6.45, 7) is 6.06. The fraction of sp³-hybridized carbons (Fsp3) is 0.200. The van der Waals surface area contributed by atoms with Gasteiger partial charge in [-0.1, -0.05) is 38.1 Å². The molecule has 0 amide bonds. The Morgan fingerprint density at radius 3 is 2.00 bits per heavy atom. The van der Waals surface area contributed by atoms with Gasteiger partial charge in [-0.25, -0.2) is 9.97 Å². The molecule has 3 aromatic rings. The van der Waals surface area contributed by atoms with Crippen LogP contribution in [0.2, 0.25) is 0 Å². The van der Waals surface area contributed by atoms with Crippen LogP contribution in [-0.2, 0) is 0 Å². The molecule has 17 heavy (non-hydrogen) atoms. The zero-order chi connectivity index (χ0) is 12.3. The highest BCUT2D eigenvalue weighted by molar-refractivity contribution is 5.87. The van der Waals surface area contributed by atoms with Gasteiger partial charge in [-0.2, -0.15) is 0 Å². The summed E-state index contributed by atoms with van der Waals surface area (Å²) in [7, 11) is 0. The normalized spacial score (nSPS) is 10.1. The van der Waals surface area contributed by atoms with Crippen LogP contribution >= 0.6 is 0 Å². The van der Waals surface area contributed by atoms with E-state index in [0.717, 1.165) is 22.1 Å². The van der Waals surface area contributed by atoms with Gasteiger partial charge in [-0.05, 0) is 30.7 Å². The highest BCUT2D eigenvalue weighted by atomic mass is 14.8. The van der Waals surface area contributed by atoms with Crippen molar-refractivity contribution in [1.29, 1.82) is 0 Å². The third kappa shape index (κ3) is 2.11. The largest absolute Gasteiger partial charge is 0.244 e. The number of rotatable bonds is 0. The van der Waals surface area contributed by atoms with Gasteiger partial charge in [0.15, 0.2) is 0 Å². The maximum atomic E-state index is 4.61. The molecular weight excluding hydrogens is 208 g/mol. The fourth-order valence-electron chi connectivity index (χ4n) is 1.78. The van der Waals surface area contributed by atoms with E-state index >= 15 is 0 Å². The second-order valence-corrected chi connectivity index (χ2v) is 3.65. The molecule has 0 unspecified atom stereocenters. The van der Waals surface area contributed by atoms with Crippen molar-refractivity contribution in [2.75, 3.05) is 0 Å². The molecule has 2 aromatic carbocycles. The number of aromatic nitrogens is 2. The third-order valence-electron chi connectivity index (χ3n) is 2.57. The molecule has 0 aliphatic rings. The summed E-state index contributed by atoms with van der Waals surface area (Å²) >= 11 is 0. The van der Waals surface area contributed by atoms with Crippen LogP contribution in [0.5, 0.6) is 0 Å². The summed E-state index contributed by atoms with van der Waals surface area (Å²) in [5, 5.41) is 0. The number of aryl methyl sites for hydroxylation is 1. The molecule has 1 aromatic heterocycles. The minimum Gasteiger partial charge on any atom is -0.244 e. The topological polar surface area (TPSA) is 25.8 Å². The van der Waals surface area contributed by atoms with Crippen LogP contribution in [0.25, 0.3) is 22.1 Å². The Morgan fingerprint density at radius 2 is 1.29 bits per heavy atom. The predicted molar refractivity (Wildman–Crippen MR) is 73.1 cm³/mol. The highest BCUT2D eigenvalue weighted by Crippen LogP contribution is 2.18. The summed E-state index contributed by atoms with van der Waals surface area (Å²) in [5.41, 5.74) is 5.05. The average molecular weight is 224 g/mol. The number of hydrogen-bond acceptors (Lipinski definition) is 2. The molecule has 3 rings (SSSR count). The smallest absolute Gasteiger partial charge is 0.0923 e. The van der Waals surface area contributed by atoms with Gasteiger partial charge in [0.1, 0.15) is 0 Å². The van der Waals surface area contributed by atoms with Gasteiger partial charge in [0.25, 0.3) is 0 Å². The quantitative estimate of drug-likeness (QED) is 0.537. The Bertz CT molecular complexity index is 645. The molecule has 86 valence electrons. The van der Waals surface area contributed by atoms with Gasteiger partial charge in [-0.15, -0.1) is 0 Å². The molecular formula is C15H16N2. The van der Waals surface area contributed by atoms with E-state index in [0.29, 0.717) is 0 Å². The lowest BCUT2D eigenvalue weighted by atomic mass is 10.2. The predicted octanol–water partition coefficient (Wildman–Crippen LogP) is 4.12. The average Bonchev–Trinajstić information content (AvgIpc) is 2.40. The molecule has 2 nitrogen and oxygen atoms in total. The Kier molecular flexibility index (Phi) is 3.33. The number of fused-ring (bicyclic) bond motifs is 2. The van der Waals surface area contributed by atoms with Crippen LogP contribution in [0.3, 0.4) is 0 Å². The molecule has 0 fully saturated rings. The number of benzene rings is 2. The monoisotopic (exact) mass is 224 g/mol. The van der Waals surface area contributed by atoms with Gasteiger partial charge >= 0.3 is 0 Å². The lowest BCUT2D eigenvalue weighted by Gasteiger charge is -2.02. The first-order valence-corrected chi connectivity index (χ1v) is 5.97. The van der Waals surface area contributed by atoms with Crippen molar-refractivity contribution in [3.63, 3.8) is 0 Å². The molecule has 0 spiro atoms. The second kappa shape index (κ2) is 4.91. The lowest BCUT2D eigenvalue weighted by molar-refractivity contribution is 1.36. The van der Waals surface area contributed by atoms with Crippen LogP contribution in [0, 0.1) is 6.92 Å². The van der Waals surface area contributed by atoms with Crippen LogP contribution in [-0.4, -0.2) is 9.97 Å². The van der Waals surface area contributed by atoms with E-state index in [1.165, 1.54) is 5.56 Å². The van der Waals surface area contributed by atoms with Crippen LogP contribution < -0.4 is 0 Å². The summed E-state index contributed by atoms with van der Waals surface area (Å²) in [4.78, 5) is 9.19. The van der Waals surface area contributed by atoms with E-state index in [2.05, 4.69) is 23.0 Å². The number of nitrogens with zero attached hydrogens (tertiary/aromatic N) is 2. The molecule has 2 heteroatoms. The maximum absolute atomic E-state index is 4.61. The first kappa shape index (κ1) is 11.5. The maximum Gasteiger partial charge on any atom is 0.0923 e. The van der Waals surface area contributed by atoms with E-state index < -0.39 is 0 Å². The van der Waals surface area contributed by atoms with Gasteiger partial charge in [0.2, 0.25) is 0 Å². The van der Waals surface area contributed by atoms with Gasteiger partial charge in [-0.3, -0.25) is 0 Å². The minimum atomic E-state index is 0.954. The van der Waals surface area contributed by atoms with Crippen molar-refractivity contribution >= 4 is 22.1 Å². The highest BCUT2D eigenvalue weighted by Gasteiger charge is 2.01. The molecule has 0 radical (unpaired) electrons. The minimum absolute atomic E-state index is 0.954. The van der Waals surface area contributed by atoms with Crippen molar-refractivity contribution in [3.8, 4) is 0 Å². The molecule has 1 heterocycles. The molecule has 0 atom stereocenters. The Balaban J connectivity index is 0.000000514. The van der Waals surface area contributed by atoms with E-state index in [1.54, 1.807) is 0 Å². The van der Waals surface area contributed by atoms with Crippen molar-refractivity contribution in [1.82, 2.24) is 9.97 Å². The molecule has 0 saturated carbocycles. The first-order valence-electron chi connectivity index (χ1n) is 5.97. The second-order valence-electron chi connectivity index (χ2n) is 3.65. The van der Waals surface area contributed by atoms with Crippen LogP contribution in [0.1, 0.15) is 19.4 Å². The molecule has 0 aliphatic heterocycles. The van der Waals surface area contributed by atoms with Crippen molar-refractivity contribution < 1.29 is 0 Å². The fourth-order valence-corrected chi connectivity index (χ4v) is 1.78. The van der Waals surface area contributed by atoms with Gasteiger partial charge in [0.05, 0.1) is 22.1 Å². The van der Waals surface area contributed by atoms with Crippen molar-refractivity contribution in [3.05, 3.63) is 48.0 Å². The van der Waals surface area contributed by atoms with Crippen molar-refractivity contribution in [2.45, 2.75) is 20.8 Å². The molecule has 0 N–H and O–H groups in total. The van der Waals surface area contributed by atoms with E-state index in [1.807, 2.05) is 50.2 Å². The summed E-state index contributed by atoms with van der Waals surface area (Å²) < 4.78 is 0. The zero-order valence-corrected chi connectivity index (χ0v) is 10.4. The van der Waals surface area contributed by atoms with E-state index in [-0.39, 0.29) is 0 Å². The third-order valence-corrected chi connectivity index (χ3v) is 2.57. The summed E-state index contributed by atoms with van der Waals surface area (Å²) in [5.74, 6) is 0. The van der Waals surface area contributed by atoms with Crippen molar-refractivity contribution in [2.24, 2.45) is 0 Å². The van der Waals surface area contributed by atoms with Gasteiger partial charge < -0.3 is 0 Å². The summed E-state index contributed by atoms with van der Waals surface area (Å²) in [6.07, 6.45) is 0. The SMILES string of the molecule is CC.Cc1cccc2nc3ccccc3nc12. The molecule has 0 aliphatic carbocycles. The van der Waals surface area contributed by atoms with Gasteiger partial charge in [0, 0.05) is 0 Å². The van der Waals surface area contributed by atoms with E-state index in [4.69, 9.17) is 0 Å². The van der Waals surface area contributed by atoms with Crippen LogP contribution in [0.4, 0.5) is 0 Å². The number of para-hydroxylation sites is 3. The Morgan fingerprint density at radius 1 is 0.706 bits per heavy atom. The summed E-state index contributed by atoms with van der Waals surface area (Å²) in [6, 6.07) is 14.0. The molecule has 0 saturated heterocycles.